The predicted molar refractivity (Wildman–Crippen MR) is 75.7 cm³/mol. The van der Waals surface area contributed by atoms with Gasteiger partial charge in [-0.05, 0) is 42.5 Å². The summed E-state index contributed by atoms with van der Waals surface area (Å²) in [6.07, 6.45) is 7.92. The number of fused-ring (bicyclic) bond motifs is 3. The Balaban J connectivity index is 2.00. The normalized spacial score (nSPS) is 27.5. The molecule has 3 rings (SSSR count). The van der Waals surface area contributed by atoms with Gasteiger partial charge in [0.25, 0.3) is 0 Å². The molecule has 3 heteroatoms. The first-order chi connectivity index (χ1) is 9.20. The number of benzene rings is 1. The Bertz CT molecular complexity index is 536. The Morgan fingerprint density at radius 1 is 1.47 bits per heavy atom. The van der Waals surface area contributed by atoms with Crippen molar-refractivity contribution in [1.29, 1.82) is 0 Å². The summed E-state index contributed by atoms with van der Waals surface area (Å²) in [7, 11) is 0. The third kappa shape index (κ3) is 2.03. The highest BCUT2D eigenvalue weighted by atomic mass is 16.4. The summed E-state index contributed by atoms with van der Waals surface area (Å²) in [6.45, 7) is 2.21. The van der Waals surface area contributed by atoms with Crippen LogP contribution in [0.4, 0.5) is 5.69 Å². The van der Waals surface area contributed by atoms with Crippen LogP contribution in [0, 0.1) is 5.92 Å². The molecule has 1 aliphatic heterocycles. The van der Waals surface area contributed by atoms with E-state index in [1.165, 1.54) is 12.8 Å². The van der Waals surface area contributed by atoms with Crippen LogP contribution in [-0.4, -0.2) is 17.1 Å². The maximum atomic E-state index is 11.1. The van der Waals surface area contributed by atoms with Gasteiger partial charge < -0.3 is 10.4 Å². The highest BCUT2D eigenvalue weighted by Crippen LogP contribution is 2.45. The Morgan fingerprint density at radius 3 is 3.05 bits per heavy atom. The first-order valence-electron chi connectivity index (χ1n) is 7.01. The number of carbonyl (C=O) groups is 1. The van der Waals surface area contributed by atoms with Crippen LogP contribution in [0.15, 0.2) is 30.4 Å². The minimum Gasteiger partial charge on any atom is -0.478 e. The molecule has 0 spiro atoms. The second kappa shape index (κ2) is 4.72. The van der Waals surface area contributed by atoms with E-state index in [9.17, 15) is 4.79 Å². The van der Waals surface area contributed by atoms with Crippen molar-refractivity contribution in [2.45, 2.75) is 38.1 Å². The average molecular weight is 257 g/mol. The molecule has 0 fully saturated rings. The summed E-state index contributed by atoms with van der Waals surface area (Å²) in [6, 6.07) is 5.95. The molecule has 0 saturated heterocycles. The van der Waals surface area contributed by atoms with Crippen molar-refractivity contribution in [3.8, 4) is 0 Å². The van der Waals surface area contributed by atoms with Gasteiger partial charge in [-0.25, -0.2) is 4.79 Å². The maximum absolute atomic E-state index is 11.1. The molecule has 1 aliphatic carbocycles. The van der Waals surface area contributed by atoms with E-state index in [2.05, 4.69) is 24.4 Å². The minimum atomic E-state index is -0.850. The second-order valence-electron chi connectivity index (χ2n) is 5.50. The molecule has 100 valence electrons. The number of nitrogens with one attached hydrogen (secondary N) is 1. The van der Waals surface area contributed by atoms with Gasteiger partial charge in [0, 0.05) is 17.6 Å². The fourth-order valence-corrected chi connectivity index (χ4v) is 3.43. The van der Waals surface area contributed by atoms with Crippen LogP contribution in [0.2, 0.25) is 0 Å². The first kappa shape index (κ1) is 12.3. The van der Waals surface area contributed by atoms with Gasteiger partial charge in [-0.2, -0.15) is 0 Å². The van der Waals surface area contributed by atoms with Crippen LogP contribution in [0.5, 0.6) is 0 Å². The number of aromatic carboxylic acids is 1. The molecular formula is C16H19NO2. The molecule has 1 aromatic rings. The van der Waals surface area contributed by atoms with Crippen LogP contribution < -0.4 is 5.32 Å². The lowest BCUT2D eigenvalue weighted by molar-refractivity contribution is 0.0696. The molecule has 0 saturated carbocycles. The Morgan fingerprint density at radius 2 is 2.32 bits per heavy atom. The van der Waals surface area contributed by atoms with Gasteiger partial charge >= 0.3 is 5.97 Å². The van der Waals surface area contributed by atoms with Crippen molar-refractivity contribution >= 4 is 11.7 Å². The van der Waals surface area contributed by atoms with E-state index >= 15 is 0 Å². The summed E-state index contributed by atoms with van der Waals surface area (Å²) >= 11 is 0. The fourth-order valence-electron chi connectivity index (χ4n) is 3.43. The fraction of sp³-hybridized carbons (Fsp3) is 0.438. The van der Waals surface area contributed by atoms with Crippen molar-refractivity contribution in [1.82, 2.24) is 0 Å². The lowest BCUT2D eigenvalue weighted by atomic mass is 9.77. The largest absolute Gasteiger partial charge is 0.478 e. The van der Waals surface area contributed by atoms with Gasteiger partial charge in [-0.15, -0.1) is 0 Å². The second-order valence-corrected chi connectivity index (χ2v) is 5.50. The predicted octanol–water partition coefficient (Wildman–Crippen LogP) is 3.64. The summed E-state index contributed by atoms with van der Waals surface area (Å²) in [4.78, 5) is 11.1. The molecular weight excluding hydrogens is 238 g/mol. The number of hydrogen-bond acceptors (Lipinski definition) is 2. The summed E-state index contributed by atoms with van der Waals surface area (Å²) < 4.78 is 0. The van der Waals surface area contributed by atoms with Crippen molar-refractivity contribution in [2.24, 2.45) is 5.92 Å². The topological polar surface area (TPSA) is 49.3 Å². The third-order valence-electron chi connectivity index (χ3n) is 4.33. The minimum absolute atomic E-state index is 0.382. The van der Waals surface area contributed by atoms with Gasteiger partial charge in [-0.3, -0.25) is 0 Å². The number of carboxylic acid groups (broad SMARTS) is 1. The lowest BCUT2D eigenvalue weighted by Crippen LogP contribution is -2.35. The van der Waals surface area contributed by atoms with Crippen LogP contribution in [0.1, 0.15) is 48.0 Å². The monoisotopic (exact) mass is 257 g/mol. The molecule has 3 nitrogen and oxygen atoms in total. The van der Waals surface area contributed by atoms with Gasteiger partial charge in [0.1, 0.15) is 0 Å². The van der Waals surface area contributed by atoms with Gasteiger partial charge in [-0.1, -0.05) is 25.5 Å². The molecule has 1 heterocycles. The van der Waals surface area contributed by atoms with Gasteiger partial charge in [0.15, 0.2) is 0 Å². The smallest absolute Gasteiger partial charge is 0.335 e. The Kier molecular flexibility index (Phi) is 3.05. The van der Waals surface area contributed by atoms with Crippen molar-refractivity contribution in [3.63, 3.8) is 0 Å². The van der Waals surface area contributed by atoms with E-state index in [-0.39, 0.29) is 0 Å². The Labute approximate surface area is 113 Å². The SMILES string of the molecule is CCC[C@@H]1Nc2ccc(C(=O)O)cc2[C@H]2C=CC[C@@H]12. The molecule has 2 aliphatic rings. The summed E-state index contributed by atoms with van der Waals surface area (Å²) in [5, 5.41) is 12.7. The highest BCUT2D eigenvalue weighted by molar-refractivity contribution is 5.88. The van der Waals surface area contributed by atoms with E-state index in [0.717, 1.165) is 17.7 Å². The van der Waals surface area contributed by atoms with E-state index in [1.54, 1.807) is 6.07 Å². The number of carboxylic acids is 1. The third-order valence-corrected chi connectivity index (χ3v) is 4.33. The first-order valence-corrected chi connectivity index (χ1v) is 7.01. The van der Waals surface area contributed by atoms with Crippen molar-refractivity contribution in [3.05, 3.63) is 41.5 Å². The summed E-state index contributed by atoms with van der Waals surface area (Å²) in [5.41, 5.74) is 2.63. The van der Waals surface area contributed by atoms with Crippen LogP contribution in [-0.2, 0) is 0 Å². The van der Waals surface area contributed by atoms with Gasteiger partial charge in [0.05, 0.1) is 5.56 Å². The molecule has 19 heavy (non-hydrogen) atoms. The molecule has 3 atom stereocenters. The zero-order valence-electron chi connectivity index (χ0n) is 11.1. The number of hydrogen-bond donors (Lipinski definition) is 2. The number of anilines is 1. The van der Waals surface area contributed by atoms with Gasteiger partial charge in [0.2, 0.25) is 0 Å². The molecule has 2 N–H and O–H groups in total. The molecule has 0 unspecified atom stereocenters. The molecule has 0 bridgehead atoms. The number of allylic oxidation sites excluding steroid dienone is 2. The van der Waals surface area contributed by atoms with Crippen molar-refractivity contribution in [2.75, 3.05) is 5.32 Å². The molecule has 1 aromatic carbocycles. The van der Waals surface area contributed by atoms with E-state index < -0.39 is 5.97 Å². The van der Waals surface area contributed by atoms with E-state index in [1.807, 2.05) is 12.1 Å². The van der Waals surface area contributed by atoms with E-state index in [0.29, 0.717) is 23.4 Å². The van der Waals surface area contributed by atoms with Crippen molar-refractivity contribution < 1.29 is 9.90 Å². The lowest BCUT2D eigenvalue weighted by Gasteiger charge is -2.37. The van der Waals surface area contributed by atoms with Crippen LogP contribution >= 0.6 is 0 Å². The maximum Gasteiger partial charge on any atom is 0.335 e. The zero-order chi connectivity index (χ0) is 13.4. The standard InChI is InChI=1S/C16H19NO2/c1-2-4-14-12-6-3-5-11(12)13-9-10(16(18)19)7-8-15(13)17-14/h3,5,7-9,11-12,14,17H,2,4,6H2,1H3,(H,18,19)/t11-,12+,14-/m0/s1. The van der Waals surface area contributed by atoms with Crippen LogP contribution in [0.3, 0.4) is 0 Å². The molecule has 0 aromatic heterocycles. The summed E-state index contributed by atoms with van der Waals surface area (Å²) in [5.74, 6) is 0.112. The number of rotatable bonds is 3. The highest BCUT2D eigenvalue weighted by Gasteiger charge is 2.36. The van der Waals surface area contributed by atoms with Crippen LogP contribution in [0.25, 0.3) is 0 Å². The zero-order valence-corrected chi connectivity index (χ0v) is 11.1. The van der Waals surface area contributed by atoms with E-state index in [4.69, 9.17) is 5.11 Å². The molecule has 0 radical (unpaired) electrons. The molecule has 0 amide bonds. The average Bonchev–Trinajstić information content (AvgIpc) is 2.88. The quantitative estimate of drug-likeness (QED) is 0.813. The Hall–Kier alpha value is -1.77.